The van der Waals surface area contributed by atoms with Crippen LogP contribution in [0, 0.1) is 10.1 Å². The fourth-order valence-corrected chi connectivity index (χ4v) is 1.46. The van der Waals surface area contributed by atoms with E-state index in [9.17, 15) is 14.9 Å². The molecule has 18 heavy (non-hydrogen) atoms. The van der Waals surface area contributed by atoms with Crippen LogP contribution in [0.1, 0.15) is 10.4 Å². The van der Waals surface area contributed by atoms with E-state index in [1.165, 1.54) is 30.6 Å². The quantitative estimate of drug-likeness (QED) is 0.657. The van der Waals surface area contributed by atoms with Crippen molar-refractivity contribution in [3.05, 3.63) is 51.3 Å². The van der Waals surface area contributed by atoms with E-state index in [4.69, 9.17) is 11.6 Å². The Morgan fingerprint density at radius 2 is 2.28 bits per heavy atom. The summed E-state index contributed by atoms with van der Waals surface area (Å²) in [7, 11) is 0. The molecular formula is C10H7ClN4O3. The number of nitro benzene ring substituents is 1. The Hall–Kier alpha value is -2.41. The van der Waals surface area contributed by atoms with Crippen LogP contribution < -0.4 is 5.32 Å². The number of carbonyl (C=O) groups excluding carboxylic acids is 1. The molecule has 1 heterocycles. The van der Waals surface area contributed by atoms with Crippen LogP contribution in [-0.4, -0.2) is 21.0 Å². The standard InChI is InChI=1S/C10H7ClN4O3/c11-8-2-1-7(15(17)18)3-9(8)14-10(16)6-4-12-13-5-6/h1-5H,(H,12,13)(H,14,16). The molecule has 0 saturated heterocycles. The largest absolute Gasteiger partial charge is 0.320 e. The topological polar surface area (TPSA) is 101 Å². The lowest BCUT2D eigenvalue weighted by atomic mass is 10.2. The second kappa shape index (κ2) is 4.84. The number of nitrogens with one attached hydrogen (secondary N) is 2. The van der Waals surface area contributed by atoms with Gasteiger partial charge in [0.25, 0.3) is 11.6 Å². The van der Waals surface area contributed by atoms with Crippen molar-refractivity contribution >= 4 is 28.9 Å². The van der Waals surface area contributed by atoms with Crippen LogP contribution in [0.4, 0.5) is 11.4 Å². The molecule has 0 fully saturated rings. The number of hydrogen-bond acceptors (Lipinski definition) is 4. The third kappa shape index (κ3) is 2.46. The van der Waals surface area contributed by atoms with E-state index in [-0.39, 0.29) is 16.4 Å². The number of anilines is 1. The Labute approximate surface area is 106 Å². The van der Waals surface area contributed by atoms with Crippen LogP contribution in [0.2, 0.25) is 5.02 Å². The molecular weight excluding hydrogens is 260 g/mol. The highest BCUT2D eigenvalue weighted by Gasteiger charge is 2.13. The van der Waals surface area contributed by atoms with Crippen molar-refractivity contribution in [1.29, 1.82) is 0 Å². The van der Waals surface area contributed by atoms with Crippen LogP contribution in [0.15, 0.2) is 30.6 Å². The Balaban J connectivity index is 2.26. The molecule has 0 unspecified atom stereocenters. The number of amides is 1. The van der Waals surface area contributed by atoms with Gasteiger partial charge in [-0.3, -0.25) is 20.0 Å². The van der Waals surface area contributed by atoms with Crippen LogP contribution in [0.3, 0.4) is 0 Å². The lowest BCUT2D eigenvalue weighted by Crippen LogP contribution is -2.11. The number of non-ortho nitro benzene ring substituents is 1. The average Bonchev–Trinajstić information content (AvgIpc) is 2.85. The first-order chi connectivity index (χ1) is 8.58. The van der Waals surface area contributed by atoms with Gasteiger partial charge in [-0.2, -0.15) is 5.10 Å². The Morgan fingerprint density at radius 3 is 2.89 bits per heavy atom. The SMILES string of the molecule is O=C(Nc1cc([N+](=O)[O-])ccc1Cl)c1cn[nH]c1. The lowest BCUT2D eigenvalue weighted by molar-refractivity contribution is -0.384. The number of H-pyrrole nitrogens is 1. The molecule has 0 aliphatic carbocycles. The van der Waals surface area contributed by atoms with Crippen LogP contribution in [0.5, 0.6) is 0 Å². The first-order valence-electron chi connectivity index (χ1n) is 4.82. The number of halogens is 1. The molecule has 0 spiro atoms. The maximum Gasteiger partial charge on any atom is 0.271 e. The zero-order chi connectivity index (χ0) is 13.1. The zero-order valence-electron chi connectivity index (χ0n) is 8.88. The minimum Gasteiger partial charge on any atom is -0.320 e. The van der Waals surface area contributed by atoms with E-state index in [0.29, 0.717) is 5.56 Å². The van der Waals surface area contributed by atoms with Crippen molar-refractivity contribution in [1.82, 2.24) is 10.2 Å². The molecule has 8 heteroatoms. The number of rotatable bonds is 3. The van der Waals surface area contributed by atoms with Crippen molar-refractivity contribution in [3.63, 3.8) is 0 Å². The predicted molar refractivity (Wildman–Crippen MR) is 64.6 cm³/mol. The van der Waals surface area contributed by atoms with E-state index in [1.54, 1.807) is 0 Å². The first-order valence-corrected chi connectivity index (χ1v) is 5.20. The van der Waals surface area contributed by atoms with Crippen molar-refractivity contribution in [2.75, 3.05) is 5.32 Å². The molecule has 2 aromatic rings. The summed E-state index contributed by atoms with van der Waals surface area (Å²) in [5, 5.41) is 19.4. The van der Waals surface area contributed by atoms with Crippen LogP contribution in [-0.2, 0) is 0 Å². The minimum atomic E-state index is -0.566. The third-order valence-corrected chi connectivity index (χ3v) is 2.50. The molecule has 92 valence electrons. The van der Waals surface area contributed by atoms with Crippen molar-refractivity contribution in [3.8, 4) is 0 Å². The van der Waals surface area contributed by atoms with Gasteiger partial charge < -0.3 is 5.32 Å². The molecule has 0 saturated carbocycles. The summed E-state index contributed by atoms with van der Waals surface area (Å²) in [6.45, 7) is 0. The van der Waals surface area contributed by atoms with Crippen molar-refractivity contribution in [2.24, 2.45) is 0 Å². The molecule has 0 bridgehead atoms. The van der Waals surface area contributed by atoms with E-state index in [1.807, 2.05) is 0 Å². The second-order valence-corrected chi connectivity index (χ2v) is 3.77. The predicted octanol–water partition coefficient (Wildman–Crippen LogP) is 2.22. The summed E-state index contributed by atoms with van der Waals surface area (Å²) in [5.41, 5.74) is 0.330. The van der Waals surface area contributed by atoms with Gasteiger partial charge in [0.15, 0.2) is 0 Å². The smallest absolute Gasteiger partial charge is 0.271 e. The molecule has 0 aliphatic heterocycles. The minimum absolute atomic E-state index is 0.151. The Morgan fingerprint density at radius 1 is 1.50 bits per heavy atom. The maximum absolute atomic E-state index is 11.7. The maximum atomic E-state index is 11.7. The molecule has 1 aromatic heterocycles. The highest BCUT2D eigenvalue weighted by Crippen LogP contribution is 2.26. The van der Waals surface area contributed by atoms with Crippen molar-refractivity contribution in [2.45, 2.75) is 0 Å². The summed E-state index contributed by atoms with van der Waals surface area (Å²) in [5.74, 6) is -0.453. The van der Waals surface area contributed by atoms with Gasteiger partial charge in [-0.05, 0) is 6.07 Å². The molecule has 0 radical (unpaired) electrons. The normalized spacial score (nSPS) is 10.1. The Bertz CT molecular complexity index is 597. The van der Waals surface area contributed by atoms with E-state index >= 15 is 0 Å². The summed E-state index contributed by atoms with van der Waals surface area (Å²) in [4.78, 5) is 21.8. The number of hydrogen-bond donors (Lipinski definition) is 2. The van der Waals surface area contributed by atoms with Gasteiger partial charge in [-0.25, -0.2) is 0 Å². The van der Waals surface area contributed by atoms with Crippen LogP contribution >= 0.6 is 11.6 Å². The summed E-state index contributed by atoms with van der Waals surface area (Å²) in [6, 6.07) is 3.81. The molecule has 2 rings (SSSR count). The van der Waals surface area contributed by atoms with Gasteiger partial charge in [0.05, 0.1) is 27.4 Å². The molecule has 7 nitrogen and oxygen atoms in total. The van der Waals surface area contributed by atoms with Crippen LogP contribution in [0.25, 0.3) is 0 Å². The molecule has 0 aliphatic rings. The second-order valence-electron chi connectivity index (χ2n) is 3.36. The van der Waals surface area contributed by atoms with Gasteiger partial charge >= 0.3 is 0 Å². The third-order valence-electron chi connectivity index (χ3n) is 2.17. The number of aromatic nitrogens is 2. The number of benzene rings is 1. The Kier molecular flexibility index (Phi) is 3.24. The number of nitro groups is 1. The molecule has 1 amide bonds. The van der Waals surface area contributed by atoms with Gasteiger partial charge in [0.1, 0.15) is 0 Å². The van der Waals surface area contributed by atoms with Gasteiger partial charge in [-0.1, -0.05) is 11.6 Å². The molecule has 2 N–H and O–H groups in total. The number of carbonyl (C=O) groups is 1. The fraction of sp³-hybridized carbons (Fsp3) is 0. The van der Waals surface area contributed by atoms with Crippen molar-refractivity contribution < 1.29 is 9.72 Å². The van der Waals surface area contributed by atoms with Gasteiger partial charge in [-0.15, -0.1) is 0 Å². The summed E-state index contributed by atoms with van der Waals surface area (Å²) < 4.78 is 0. The monoisotopic (exact) mass is 266 g/mol. The summed E-state index contributed by atoms with van der Waals surface area (Å²) >= 11 is 5.85. The fourth-order valence-electron chi connectivity index (χ4n) is 1.29. The van der Waals surface area contributed by atoms with Gasteiger partial charge in [0, 0.05) is 18.3 Å². The number of nitrogens with zero attached hydrogens (tertiary/aromatic N) is 2. The highest BCUT2D eigenvalue weighted by molar-refractivity contribution is 6.34. The summed E-state index contributed by atoms with van der Waals surface area (Å²) in [6.07, 6.45) is 2.74. The number of aromatic amines is 1. The van der Waals surface area contributed by atoms with E-state index in [0.717, 1.165) is 0 Å². The molecule has 1 aromatic carbocycles. The highest BCUT2D eigenvalue weighted by atomic mass is 35.5. The van der Waals surface area contributed by atoms with E-state index < -0.39 is 10.8 Å². The molecule has 0 atom stereocenters. The van der Waals surface area contributed by atoms with E-state index in [2.05, 4.69) is 15.5 Å². The lowest BCUT2D eigenvalue weighted by Gasteiger charge is -2.05. The van der Waals surface area contributed by atoms with Gasteiger partial charge in [0.2, 0.25) is 0 Å². The zero-order valence-corrected chi connectivity index (χ0v) is 9.64. The first kappa shape index (κ1) is 12.1. The average molecular weight is 267 g/mol.